The molecule has 1 aliphatic rings. The van der Waals surface area contributed by atoms with Gasteiger partial charge in [0.15, 0.2) is 0 Å². The highest BCUT2D eigenvalue weighted by Gasteiger charge is 2.15. The van der Waals surface area contributed by atoms with Gasteiger partial charge >= 0.3 is 5.69 Å². The van der Waals surface area contributed by atoms with E-state index in [0.29, 0.717) is 6.04 Å². The molecule has 1 aliphatic heterocycles. The lowest BCUT2D eigenvalue weighted by atomic mass is 10.0. The van der Waals surface area contributed by atoms with E-state index in [9.17, 15) is 4.79 Å². The van der Waals surface area contributed by atoms with E-state index in [4.69, 9.17) is 0 Å². The van der Waals surface area contributed by atoms with Gasteiger partial charge in [-0.05, 0) is 51.6 Å². The molecule has 0 saturated carbocycles. The fourth-order valence-electron chi connectivity index (χ4n) is 2.26. The molecule has 2 heterocycles. The van der Waals surface area contributed by atoms with Gasteiger partial charge in [0.1, 0.15) is 0 Å². The number of hydrogen-bond acceptors (Lipinski definition) is 3. The van der Waals surface area contributed by atoms with Crippen molar-refractivity contribution in [1.29, 1.82) is 0 Å². The van der Waals surface area contributed by atoms with Crippen LogP contribution in [0, 0.1) is 13.8 Å². The van der Waals surface area contributed by atoms with Crippen LogP contribution in [-0.4, -0.2) is 22.6 Å². The Kier molecular flexibility index (Phi) is 3.39. The van der Waals surface area contributed by atoms with Crippen LogP contribution in [0.4, 0.5) is 0 Å². The molecule has 0 bridgehead atoms. The fourth-order valence-corrected chi connectivity index (χ4v) is 2.26. The number of nitrogens with one attached hydrogen (secondary N) is 2. The molecule has 1 atom stereocenters. The zero-order chi connectivity index (χ0) is 11.5. The number of aryl methyl sites for hydroxylation is 2. The van der Waals surface area contributed by atoms with Gasteiger partial charge in [0, 0.05) is 11.7 Å². The highest BCUT2D eigenvalue weighted by molar-refractivity contribution is 5.21. The lowest BCUT2D eigenvalue weighted by Crippen LogP contribution is -2.23. The third-order valence-electron chi connectivity index (χ3n) is 3.42. The Balaban J connectivity index is 2.05. The molecule has 1 fully saturated rings. The summed E-state index contributed by atoms with van der Waals surface area (Å²) in [6.07, 6.45) is 4.50. The molecule has 1 aromatic heterocycles. The highest BCUT2D eigenvalue weighted by atomic mass is 16.1. The zero-order valence-electron chi connectivity index (χ0n) is 9.97. The maximum atomic E-state index is 11.3. The maximum absolute atomic E-state index is 11.3. The van der Waals surface area contributed by atoms with Crippen molar-refractivity contribution >= 4 is 0 Å². The quantitative estimate of drug-likeness (QED) is 0.802. The fraction of sp³-hybridized carbons (Fsp3) is 0.667. The summed E-state index contributed by atoms with van der Waals surface area (Å²) >= 11 is 0. The Morgan fingerprint density at radius 3 is 2.94 bits per heavy atom. The van der Waals surface area contributed by atoms with Gasteiger partial charge in [-0.1, -0.05) is 0 Å². The van der Waals surface area contributed by atoms with Crippen LogP contribution < -0.4 is 11.0 Å². The number of aromatic nitrogens is 2. The van der Waals surface area contributed by atoms with E-state index < -0.39 is 0 Å². The summed E-state index contributed by atoms with van der Waals surface area (Å²) in [6.45, 7) is 5.08. The second kappa shape index (κ2) is 4.78. The summed E-state index contributed by atoms with van der Waals surface area (Å²) in [7, 11) is 0. The minimum atomic E-state index is -0.225. The second-order valence-corrected chi connectivity index (χ2v) is 4.57. The first-order valence-electron chi connectivity index (χ1n) is 5.96. The highest BCUT2D eigenvalue weighted by Crippen LogP contribution is 2.14. The molecule has 2 N–H and O–H groups in total. The molecule has 1 saturated heterocycles. The summed E-state index contributed by atoms with van der Waals surface area (Å²) in [5, 5.41) is 3.46. The Morgan fingerprint density at radius 2 is 2.25 bits per heavy atom. The van der Waals surface area contributed by atoms with Crippen molar-refractivity contribution in [3.8, 4) is 0 Å². The van der Waals surface area contributed by atoms with Crippen molar-refractivity contribution in [2.75, 3.05) is 6.54 Å². The minimum Gasteiger partial charge on any atom is -0.314 e. The van der Waals surface area contributed by atoms with Crippen LogP contribution >= 0.6 is 0 Å². The van der Waals surface area contributed by atoms with Crippen LogP contribution in [0.5, 0.6) is 0 Å². The molecular weight excluding hydrogens is 202 g/mol. The molecule has 0 spiro atoms. The largest absolute Gasteiger partial charge is 0.345 e. The van der Waals surface area contributed by atoms with Gasteiger partial charge < -0.3 is 10.3 Å². The van der Waals surface area contributed by atoms with Gasteiger partial charge in [0.2, 0.25) is 0 Å². The summed E-state index contributed by atoms with van der Waals surface area (Å²) in [5.74, 6) is 0. The van der Waals surface area contributed by atoms with Crippen molar-refractivity contribution in [2.45, 2.75) is 45.6 Å². The summed E-state index contributed by atoms with van der Waals surface area (Å²) in [4.78, 5) is 18.1. The molecule has 0 aliphatic carbocycles. The van der Waals surface area contributed by atoms with E-state index in [1.165, 1.54) is 12.8 Å². The zero-order valence-corrected chi connectivity index (χ0v) is 9.97. The third-order valence-corrected chi connectivity index (χ3v) is 3.42. The smallest absolute Gasteiger partial charge is 0.314 e. The van der Waals surface area contributed by atoms with Crippen LogP contribution in [0.1, 0.15) is 36.2 Å². The van der Waals surface area contributed by atoms with E-state index in [1.807, 2.05) is 13.8 Å². The van der Waals surface area contributed by atoms with Crippen molar-refractivity contribution in [1.82, 2.24) is 15.3 Å². The van der Waals surface area contributed by atoms with E-state index in [-0.39, 0.29) is 5.69 Å². The standard InChI is InChI=1S/C12H19N3O/c1-8-9(2)14-12(16)15-11(8)6-5-10-4-3-7-13-10/h10,13H,3-7H2,1-2H3,(H,14,15,16). The number of hydrogen-bond donors (Lipinski definition) is 2. The Morgan fingerprint density at radius 1 is 1.44 bits per heavy atom. The Labute approximate surface area is 95.5 Å². The minimum absolute atomic E-state index is 0.225. The Bertz CT molecular complexity index is 419. The predicted molar refractivity (Wildman–Crippen MR) is 63.7 cm³/mol. The summed E-state index contributed by atoms with van der Waals surface area (Å²) in [6, 6.07) is 0.612. The molecule has 1 unspecified atom stereocenters. The van der Waals surface area contributed by atoms with Crippen LogP contribution in [0.2, 0.25) is 0 Å². The lowest BCUT2D eigenvalue weighted by molar-refractivity contribution is 0.553. The topological polar surface area (TPSA) is 57.8 Å². The molecule has 0 aromatic carbocycles. The molecule has 88 valence electrons. The molecular formula is C12H19N3O. The monoisotopic (exact) mass is 221 g/mol. The number of aromatic amines is 1. The van der Waals surface area contributed by atoms with E-state index in [2.05, 4.69) is 15.3 Å². The molecule has 4 heteroatoms. The predicted octanol–water partition coefficient (Wildman–Crippen LogP) is 1.07. The van der Waals surface area contributed by atoms with Gasteiger partial charge in [-0.3, -0.25) is 0 Å². The average molecular weight is 221 g/mol. The van der Waals surface area contributed by atoms with Crippen LogP contribution in [-0.2, 0) is 6.42 Å². The number of nitrogens with zero attached hydrogens (tertiary/aromatic N) is 1. The van der Waals surface area contributed by atoms with Gasteiger partial charge in [-0.25, -0.2) is 4.79 Å². The Hall–Kier alpha value is -1.16. The van der Waals surface area contributed by atoms with Gasteiger partial charge in [0.05, 0.1) is 5.69 Å². The van der Waals surface area contributed by atoms with Gasteiger partial charge in [0.25, 0.3) is 0 Å². The average Bonchev–Trinajstić information content (AvgIpc) is 2.74. The first kappa shape index (κ1) is 11.3. The van der Waals surface area contributed by atoms with Gasteiger partial charge in [-0.15, -0.1) is 0 Å². The van der Waals surface area contributed by atoms with E-state index in [1.54, 1.807) is 0 Å². The normalized spacial score (nSPS) is 20.2. The first-order chi connectivity index (χ1) is 7.66. The van der Waals surface area contributed by atoms with Gasteiger partial charge in [-0.2, -0.15) is 4.98 Å². The van der Waals surface area contributed by atoms with Crippen molar-refractivity contribution in [2.24, 2.45) is 0 Å². The maximum Gasteiger partial charge on any atom is 0.345 e. The summed E-state index contributed by atoms with van der Waals surface area (Å²) < 4.78 is 0. The van der Waals surface area contributed by atoms with Crippen LogP contribution in [0.15, 0.2) is 4.79 Å². The molecule has 16 heavy (non-hydrogen) atoms. The molecule has 1 aromatic rings. The number of H-pyrrole nitrogens is 1. The van der Waals surface area contributed by atoms with E-state index in [0.717, 1.165) is 36.3 Å². The van der Waals surface area contributed by atoms with Crippen LogP contribution in [0.3, 0.4) is 0 Å². The molecule has 4 nitrogen and oxygen atoms in total. The second-order valence-electron chi connectivity index (χ2n) is 4.57. The number of rotatable bonds is 3. The van der Waals surface area contributed by atoms with Crippen LogP contribution in [0.25, 0.3) is 0 Å². The van der Waals surface area contributed by atoms with Crippen molar-refractivity contribution in [3.63, 3.8) is 0 Å². The van der Waals surface area contributed by atoms with E-state index >= 15 is 0 Å². The molecule has 0 radical (unpaired) electrons. The molecule has 0 amide bonds. The third kappa shape index (κ3) is 2.50. The van der Waals surface area contributed by atoms with Crippen molar-refractivity contribution < 1.29 is 0 Å². The first-order valence-corrected chi connectivity index (χ1v) is 5.96. The SMILES string of the molecule is Cc1[nH]c(=O)nc(CCC2CCCN2)c1C. The van der Waals surface area contributed by atoms with Crippen molar-refractivity contribution in [3.05, 3.63) is 27.4 Å². The molecule has 2 rings (SSSR count). The summed E-state index contributed by atoms with van der Waals surface area (Å²) in [5.41, 5.74) is 2.79. The lowest BCUT2D eigenvalue weighted by Gasteiger charge is -2.11.